The van der Waals surface area contributed by atoms with Gasteiger partial charge in [-0.2, -0.15) is 0 Å². The van der Waals surface area contributed by atoms with Crippen LogP contribution in [-0.4, -0.2) is 21.6 Å². The van der Waals surface area contributed by atoms with Crippen LogP contribution < -0.4 is 21.2 Å². The van der Waals surface area contributed by atoms with Crippen molar-refractivity contribution in [3.63, 3.8) is 0 Å². The van der Waals surface area contributed by atoms with Crippen LogP contribution in [0.2, 0.25) is 5.02 Å². The third kappa shape index (κ3) is 4.95. The van der Waals surface area contributed by atoms with Crippen LogP contribution in [0.3, 0.4) is 0 Å². The van der Waals surface area contributed by atoms with Crippen molar-refractivity contribution in [3.8, 4) is 5.69 Å². The van der Waals surface area contributed by atoms with E-state index in [1.807, 2.05) is 6.07 Å². The minimum atomic E-state index is -0.792. The first kappa shape index (κ1) is 23.2. The molecule has 2 aromatic heterocycles. The number of aromatic nitrogens is 2. The fourth-order valence-electron chi connectivity index (χ4n) is 3.28. The number of hydrogen-bond acceptors (Lipinski definition) is 7. The number of anilines is 1. The first-order valence-electron chi connectivity index (χ1n) is 10.6. The van der Waals surface area contributed by atoms with Crippen molar-refractivity contribution in [1.29, 1.82) is 0 Å². The Balaban J connectivity index is 1.50. The van der Waals surface area contributed by atoms with Crippen molar-refractivity contribution in [1.82, 2.24) is 15.2 Å². The predicted octanol–water partition coefficient (Wildman–Crippen LogP) is 4.19. The summed E-state index contributed by atoms with van der Waals surface area (Å²) in [7, 11) is 0. The topological polar surface area (TPSA) is 119 Å². The molecule has 2 heterocycles. The monoisotopic (exact) mass is 517 g/mol. The lowest BCUT2D eigenvalue weighted by Gasteiger charge is -2.03. The summed E-state index contributed by atoms with van der Waals surface area (Å²) in [5, 5.41) is 12.5. The highest BCUT2D eigenvalue weighted by molar-refractivity contribution is 7.11. The van der Waals surface area contributed by atoms with E-state index in [0.717, 1.165) is 11.3 Å². The number of carbonyl (C=O) groups excluding carboxylic acids is 2. The lowest BCUT2D eigenvalue weighted by Crippen LogP contribution is -2.27. The van der Waals surface area contributed by atoms with Gasteiger partial charge in [-0.25, -0.2) is 14.9 Å². The van der Waals surface area contributed by atoms with E-state index in [0.29, 0.717) is 27.4 Å². The molecule has 0 bridgehead atoms. The third-order valence-corrected chi connectivity index (χ3v) is 6.16. The molecule has 0 fully saturated rings. The molecular formula is C25H16ClN5O4S. The molecule has 0 atom stereocenters. The number of fused-ring (bicyclic) bond motifs is 1. The SMILES string of the molecule is O=C(Nc1ccccc1)c1nn(-c2ccc(Cl)cc2)/c(=N/NC(=O)c2cc3ccccc3oc2=O)s1. The lowest BCUT2D eigenvalue weighted by atomic mass is 10.2. The van der Waals surface area contributed by atoms with Crippen molar-refractivity contribution >= 4 is 51.4 Å². The van der Waals surface area contributed by atoms with Gasteiger partial charge in [-0.1, -0.05) is 59.3 Å². The Bertz CT molecular complexity index is 1710. The Kier molecular flexibility index (Phi) is 6.44. The molecule has 5 rings (SSSR count). The van der Waals surface area contributed by atoms with Crippen molar-refractivity contribution in [3.05, 3.63) is 116 Å². The van der Waals surface area contributed by atoms with Gasteiger partial charge in [-0.3, -0.25) is 9.59 Å². The first-order chi connectivity index (χ1) is 17.5. The quantitative estimate of drug-likeness (QED) is 0.267. The van der Waals surface area contributed by atoms with E-state index in [1.54, 1.807) is 72.8 Å². The molecule has 0 saturated carbocycles. The number of halogens is 1. The number of para-hydroxylation sites is 2. The number of benzene rings is 3. The molecule has 2 N–H and O–H groups in total. The Hall–Kier alpha value is -4.54. The maximum absolute atomic E-state index is 12.8. The largest absolute Gasteiger partial charge is 0.422 e. The second-order valence-electron chi connectivity index (χ2n) is 7.44. The molecule has 0 radical (unpaired) electrons. The van der Waals surface area contributed by atoms with Gasteiger partial charge in [0.2, 0.25) is 9.81 Å². The average Bonchev–Trinajstić information content (AvgIpc) is 3.32. The molecule has 178 valence electrons. The summed E-state index contributed by atoms with van der Waals surface area (Å²) in [6.07, 6.45) is 0. The minimum Gasteiger partial charge on any atom is -0.422 e. The van der Waals surface area contributed by atoms with Crippen LogP contribution >= 0.6 is 22.9 Å². The zero-order valence-electron chi connectivity index (χ0n) is 18.3. The van der Waals surface area contributed by atoms with Crippen LogP contribution in [0.5, 0.6) is 0 Å². The van der Waals surface area contributed by atoms with Gasteiger partial charge in [-0.15, -0.1) is 10.2 Å². The third-order valence-electron chi connectivity index (χ3n) is 5.00. The van der Waals surface area contributed by atoms with Gasteiger partial charge >= 0.3 is 5.63 Å². The molecule has 0 unspecified atom stereocenters. The Morgan fingerprint density at radius 1 is 0.944 bits per heavy atom. The van der Waals surface area contributed by atoms with Gasteiger partial charge in [0.25, 0.3) is 11.8 Å². The summed E-state index contributed by atoms with van der Waals surface area (Å²) < 4.78 is 6.62. The molecule has 3 aromatic carbocycles. The highest BCUT2D eigenvalue weighted by Gasteiger charge is 2.17. The van der Waals surface area contributed by atoms with E-state index >= 15 is 0 Å². The molecule has 2 amide bonds. The number of carbonyl (C=O) groups is 2. The van der Waals surface area contributed by atoms with Gasteiger partial charge < -0.3 is 9.73 Å². The fraction of sp³-hybridized carbons (Fsp3) is 0. The highest BCUT2D eigenvalue weighted by atomic mass is 35.5. The summed E-state index contributed by atoms with van der Waals surface area (Å²) in [6, 6.07) is 23.9. The average molecular weight is 518 g/mol. The molecule has 0 aliphatic rings. The van der Waals surface area contributed by atoms with Gasteiger partial charge in [0, 0.05) is 16.1 Å². The summed E-state index contributed by atoms with van der Waals surface area (Å²) in [5.74, 6) is -1.21. The molecule has 0 saturated heterocycles. The van der Waals surface area contributed by atoms with Crippen molar-refractivity contribution < 1.29 is 14.0 Å². The standard InChI is InChI=1S/C25H16ClN5O4S/c26-16-10-12-18(13-11-16)31-25(36-23(30-31)22(33)27-17-7-2-1-3-8-17)29-28-21(32)19-14-15-6-4-5-9-20(15)35-24(19)34/h1-14H,(H,27,33)(H,28,32)/b29-25-. The van der Waals surface area contributed by atoms with Gasteiger partial charge in [0.05, 0.1) is 5.69 Å². The summed E-state index contributed by atoms with van der Waals surface area (Å²) in [6.45, 7) is 0. The van der Waals surface area contributed by atoms with Crippen molar-refractivity contribution in [2.24, 2.45) is 5.10 Å². The van der Waals surface area contributed by atoms with Gasteiger partial charge in [0.1, 0.15) is 11.1 Å². The molecule has 5 aromatic rings. The van der Waals surface area contributed by atoms with E-state index in [1.165, 1.54) is 10.7 Å². The maximum Gasteiger partial charge on any atom is 0.349 e. The zero-order chi connectivity index (χ0) is 25.1. The number of nitrogens with one attached hydrogen (secondary N) is 2. The first-order valence-corrected chi connectivity index (χ1v) is 11.8. The molecule has 0 aliphatic heterocycles. The van der Waals surface area contributed by atoms with E-state index in [-0.39, 0.29) is 15.4 Å². The van der Waals surface area contributed by atoms with Crippen molar-refractivity contribution in [2.75, 3.05) is 5.32 Å². The number of hydrogen-bond donors (Lipinski definition) is 2. The Labute approximate surface area is 212 Å². The van der Waals surface area contributed by atoms with Crippen LogP contribution in [0.25, 0.3) is 16.7 Å². The van der Waals surface area contributed by atoms with E-state index in [4.69, 9.17) is 16.0 Å². The van der Waals surface area contributed by atoms with Crippen LogP contribution in [0.15, 0.2) is 99.2 Å². The second-order valence-corrected chi connectivity index (χ2v) is 8.83. The summed E-state index contributed by atoms with van der Waals surface area (Å²) >= 11 is 6.96. The predicted molar refractivity (Wildman–Crippen MR) is 136 cm³/mol. The molecular weight excluding hydrogens is 502 g/mol. The second kappa shape index (κ2) is 9.98. The van der Waals surface area contributed by atoms with Gasteiger partial charge in [0.15, 0.2) is 0 Å². The summed E-state index contributed by atoms with van der Waals surface area (Å²) in [5.41, 5.74) is 2.90. The number of nitrogens with zero attached hydrogens (tertiary/aromatic N) is 3. The van der Waals surface area contributed by atoms with Crippen LogP contribution in [0.4, 0.5) is 5.69 Å². The number of amides is 2. The van der Waals surface area contributed by atoms with Crippen LogP contribution in [0, 0.1) is 0 Å². The molecule has 11 heteroatoms. The molecule has 0 aliphatic carbocycles. The highest BCUT2D eigenvalue weighted by Crippen LogP contribution is 2.15. The van der Waals surface area contributed by atoms with Gasteiger partial charge in [-0.05, 0) is 48.5 Å². The maximum atomic E-state index is 12.8. The Morgan fingerprint density at radius 2 is 1.67 bits per heavy atom. The van der Waals surface area contributed by atoms with Crippen molar-refractivity contribution in [2.45, 2.75) is 0 Å². The molecule has 36 heavy (non-hydrogen) atoms. The van der Waals surface area contributed by atoms with E-state index in [9.17, 15) is 14.4 Å². The minimum absolute atomic E-state index is 0.104. The number of rotatable bonds is 5. The molecule has 9 nitrogen and oxygen atoms in total. The Morgan fingerprint density at radius 3 is 2.44 bits per heavy atom. The van der Waals surface area contributed by atoms with Crippen LogP contribution in [0.1, 0.15) is 20.2 Å². The van der Waals surface area contributed by atoms with E-state index in [2.05, 4.69) is 20.9 Å². The normalized spacial score (nSPS) is 11.4. The zero-order valence-corrected chi connectivity index (χ0v) is 19.9. The van der Waals surface area contributed by atoms with Crippen LogP contribution in [-0.2, 0) is 0 Å². The smallest absolute Gasteiger partial charge is 0.349 e. The van der Waals surface area contributed by atoms with E-state index < -0.39 is 17.4 Å². The lowest BCUT2D eigenvalue weighted by molar-refractivity contribution is 0.0948. The fourth-order valence-corrected chi connectivity index (χ4v) is 4.17. The molecule has 0 spiro atoms. The summed E-state index contributed by atoms with van der Waals surface area (Å²) in [4.78, 5) is 38.1.